The first kappa shape index (κ1) is 13.7. The van der Waals surface area contributed by atoms with E-state index in [4.69, 9.17) is 11.6 Å². The predicted molar refractivity (Wildman–Crippen MR) is 74.2 cm³/mol. The molecule has 2 heterocycles. The molecule has 0 saturated heterocycles. The molecular formula is C13H17ClN4O. The molecule has 0 aliphatic carbocycles. The minimum atomic E-state index is -0.0722. The maximum atomic E-state index is 12.4. The van der Waals surface area contributed by atoms with Crippen LogP contribution in [0.25, 0.3) is 0 Å². The SMILES string of the molecule is CC(C)n1cc(Cl)cc1C(=O)N(C)Cc1ncc[nH]1. The molecule has 0 aromatic carbocycles. The van der Waals surface area contributed by atoms with Crippen molar-refractivity contribution >= 4 is 17.5 Å². The third kappa shape index (κ3) is 2.98. The molecule has 2 aromatic rings. The van der Waals surface area contributed by atoms with E-state index in [2.05, 4.69) is 9.97 Å². The van der Waals surface area contributed by atoms with Crippen LogP contribution in [-0.4, -0.2) is 32.4 Å². The predicted octanol–water partition coefficient (Wildman–Crippen LogP) is 2.72. The van der Waals surface area contributed by atoms with Crippen molar-refractivity contribution in [2.24, 2.45) is 0 Å². The Hall–Kier alpha value is -1.75. The number of rotatable bonds is 4. The summed E-state index contributed by atoms with van der Waals surface area (Å²) in [5.41, 5.74) is 0.592. The van der Waals surface area contributed by atoms with Crippen molar-refractivity contribution in [3.8, 4) is 0 Å². The first-order valence-corrected chi connectivity index (χ1v) is 6.48. The van der Waals surface area contributed by atoms with Gasteiger partial charge in [0.25, 0.3) is 5.91 Å². The van der Waals surface area contributed by atoms with Crippen molar-refractivity contribution in [2.45, 2.75) is 26.4 Å². The summed E-state index contributed by atoms with van der Waals surface area (Å²) in [6.45, 7) is 4.46. The molecule has 0 saturated carbocycles. The van der Waals surface area contributed by atoms with E-state index in [0.29, 0.717) is 17.3 Å². The Labute approximate surface area is 117 Å². The minimum absolute atomic E-state index is 0.0722. The van der Waals surface area contributed by atoms with E-state index < -0.39 is 0 Å². The Kier molecular flexibility index (Phi) is 3.95. The summed E-state index contributed by atoms with van der Waals surface area (Å²) >= 11 is 5.99. The first-order chi connectivity index (χ1) is 8.99. The van der Waals surface area contributed by atoms with Crippen molar-refractivity contribution in [1.29, 1.82) is 0 Å². The van der Waals surface area contributed by atoms with Gasteiger partial charge in [-0.2, -0.15) is 0 Å². The van der Waals surface area contributed by atoms with Crippen LogP contribution in [0.2, 0.25) is 5.02 Å². The average Bonchev–Trinajstić information content (AvgIpc) is 2.97. The van der Waals surface area contributed by atoms with Gasteiger partial charge < -0.3 is 14.5 Å². The molecule has 0 bridgehead atoms. The number of hydrogen-bond donors (Lipinski definition) is 1. The van der Waals surface area contributed by atoms with Gasteiger partial charge in [0, 0.05) is 31.7 Å². The molecule has 102 valence electrons. The van der Waals surface area contributed by atoms with Crippen LogP contribution in [0.15, 0.2) is 24.7 Å². The second-order valence-corrected chi connectivity index (χ2v) is 5.18. The molecule has 0 radical (unpaired) electrons. The van der Waals surface area contributed by atoms with Gasteiger partial charge in [0.1, 0.15) is 11.5 Å². The van der Waals surface area contributed by atoms with Crippen LogP contribution in [0.1, 0.15) is 36.2 Å². The number of aromatic nitrogens is 3. The van der Waals surface area contributed by atoms with E-state index in [0.717, 1.165) is 5.82 Å². The van der Waals surface area contributed by atoms with Gasteiger partial charge in [-0.15, -0.1) is 0 Å². The largest absolute Gasteiger partial charge is 0.347 e. The summed E-state index contributed by atoms with van der Waals surface area (Å²) < 4.78 is 1.88. The molecule has 2 aromatic heterocycles. The summed E-state index contributed by atoms with van der Waals surface area (Å²) in [7, 11) is 1.75. The van der Waals surface area contributed by atoms with Crippen LogP contribution >= 0.6 is 11.6 Å². The average molecular weight is 281 g/mol. The Bertz CT molecular complexity index is 559. The Morgan fingerprint density at radius 2 is 2.32 bits per heavy atom. The van der Waals surface area contributed by atoms with Gasteiger partial charge >= 0.3 is 0 Å². The molecule has 5 nitrogen and oxygen atoms in total. The van der Waals surface area contributed by atoms with Crippen LogP contribution in [0.5, 0.6) is 0 Å². The van der Waals surface area contributed by atoms with Gasteiger partial charge in [0.15, 0.2) is 0 Å². The number of halogens is 1. The van der Waals surface area contributed by atoms with E-state index in [-0.39, 0.29) is 11.9 Å². The highest BCUT2D eigenvalue weighted by Crippen LogP contribution is 2.20. The first-order valence-electron chi connectivity index (χ1n) is 6.10. The van der Waals surface area contributed by atoms with Crippen LogP contribution in [0, 0.1) is 0 Å². The van der Waals surface area contributed by atoms with Gasteiger partial charge in [-0.05, 0) is 19.9 Å². The number of imidazole rings is 1. The number of aromatic amines is 1. The fourth-order valence-electron chi connectivity index (χ4n) is 1.92. The van der Waals surface area contributed by atoms with Gasteiger partial charge in [-0.1, -0.05) is 11.6 Å². The van der Waals surface area contributed by atoms with E-state index in [1.54, 1.807) is 36.6 Å². The minimum Gasteiger partial charge on any atom is -0.347 e. The van der Waals surface area contributed by atoms with Crippen LogP contribution in [0.4, 0.5) is 0 Å². The zero-order valence-electron chi connectivity index (χ0n) is 11.2. The molecule has 0 aliphatic heterocycles. The number of hydrogen-bond acceptors (Lipinski definition) is 2. The van der Waals surface area contributed by atoms with Crippen molar-refractivity contribution in [3.05, 3.63) is 41.2 Å². The fourth-order valence-corrected chi connectivity index (χ4v) is 2.13. The molecular weight excluding hydrogens is 264 g/mol. The van der Waals surface area contributed by atoms with Gasteiger partial charge in [-0.3, -0.25) is 4.79 Å². The molecule has 19 heavy (non-hydrogen) atoms. The van der Waals surface area contributed by atoms with Crippen molar-refractivity contribution in [1.82, 2.24) is 19.4 Å². The van der Waals surface area contributed by atoms with Crippen molar-refractivity contribution in [2.75, 3.05) is 7.05 Å². The van der Waals surface area contributed by atoms with E-state index in [9.17, 15) is 4.79 Å². The third-order valence-electron chi connectivity index (χ3n) is 2.88. The van der Waals surface area contributed by atoms with Gasteiger partial charge in [0.2, 0.25) is 0 Å². The highest BCUT2D eigenvalue weighted by atomic mass is 35.5. The Morgan fingerprint density at radius 1 is 1.58 bits per heavy atom. The highest BCUT2D eigenvalue weighted by molar-refractivity contribution is 6.31. The molecule has 0 atom stereocenters. The van der Waals surface area contributed by atoms with Gasteiger partial charge in [-0.25, -0.2) is 4.98 Å². The van der Waals surface area contributed by atoms with E-state index in [1.165, 1.54) is 0 Å². The van der Waals surface area contributed by atoms with Gasteiger partial charge in [0.05, 0.1) is 11.6 Å². The lowest BCUT2D eigenvalue weighted by molar-refractivity contribution is 0.0769. The van der Waals surface area contributed by atoms with Crippen LogP contribution in [-0.2, 0) is 6.54 Å². The van der Waals surface area contributed by atoms with E-state index in [1.807, 2.05) is 18.4 Å². The number of carbonyl (C=O) groups is 1. The second-order valence-electron chi connectivity index (χ2n) is 4.74. The quantitative estimate of drug-likeness (QED) is 0.936. The number of H-pyrrole nitrogens is 1. The number of carbonyl (C=O) groups excluding carboxylic acids is 1. The summed E-state index contributed by atoms with van der Waals surface area (Å²) in [6.07, 6.45) is 5.18. The van der Waals surface area contributed by atoms with Crippen molar-refractivity contribution in [3.63, 3.8) is 0 Å². The molecule has 2 rings (SSSR count). The lowest BCUT2D eigenvalue weighted by Crippen LogP contribution is -2.29. The number of amides is 1. The molecule has 0 fully saturated rings. The summed E-state index contributed by atoms with van der Waals surface area (Å²) in [5.74, 6) is 0.682. The standard InChI is InChI=1S/C13H17ClN4O/c1-9(2)18-7-10(14)6-11(18)13(19)17(3)8-12-15-4-5-16-12/h4-7,9H,8H2,1-3H3,(H,15,16). The molecule has 0 unspecified atom stereocenters. The van der Waals surface area contributed by atoms with Crippen LogP contribution in [0.3, 0.4) is 0 Å². The Morgan fingerprint density at radius 3 is 2.89 bits per heavy atom. The maximum Gasteiger partial charge on any atom is 0.270 e. The normalized spacial score (nSPS) is 11.0. The number of nitrogens with zero attached hydrogens (tertiary/aromatic N) is 3. The zero-order valence-corrected chi connectivity index (χ0v) is 12.0. The molecule has 1 amide bonds. The molecule has 0 spiro atoms. The van der Waals surface area contributed by atoms with Crippen LogP contribution < -0.4 is 0 Å². The summed E-state index contributed by atoms with van der Waals surface area (Å²) in [5, 5.41) is 0.573. The van der Waals surface area contributed by atoms with Crippen molar-refractivity contribution < 1.29 is 4.79 Å². The maximum absolute atomic E-state index is 12.4. The zero-order chi connectivity index (χ0) is 14.0. The third-order valence-corrected chi connectivity index (χ3v) is 3.09. The Balaban J connectivity index is 2.19. The molecule has 6 heteroatoms. The highest BCUT2D eigenvalue weighted by Gasteiger charge is 2.19. The summed E-state index contributed by atoms with van der Waals surface area (Å²) in [6, 6.07) is 1.88. The smallest absolute Gasteiger partial charge is 0.270 e. The topological polar surface area (TPSA) is 53.9 Å². The second kappa shape index (κ2) is 5.48. The fraction of sp³-hybridized carbons (Fsp3) is 0.385. The molecule has 0 aliphatic rings. The lowest BCUT2D eigenvalue weighted by atomic mass is 10.3. The monoisotopic (exact) mass is 280 g/mol. The number of nitrogens with one attached hydrogen (secondary N) is 1. The van der Waals surface area contributed by atoms with E-state index >= 15 is 0 Å². The molecule has 1 N–H and O–H groups in total. The lowest BCUT2D eigenvalue weighted by Gasteiger charge is -2.18. The summed E-state index contributed by atoms with van der Waals surface area (Å²) in [4.78, 5) is 21.1.